The lowest BCUT2D eigenvalue weighted by atomic mass is 9.99. The summed E-state index contributed by atoms with van der Waals surface area (Å²) in [5.41, 5.74) is 3.29. The molecule has 3 aromatic rings. The summed E-state index contributed by atoms with van der Waals surface area (Å²) < 4.78 is 33.6. The van der Waals surface area contributed by atoms with Gasteiger partial charge < -0.3 is 25.4 Å². The Bertz CT molecular complexity index is 1610. The minimum atomic E-state index is -3.67. The van der Waals surface area contributed by atoms with Gasteiger partial charge in [-0.25, -0.2) is 13.1 Å². The molecule has 0 unspecified atom stereocenters. The molecule has 4 rings (SSSR count). The van der Waals surface area contributed by atoms with Crippen molar-refractivity contribution in [3.8, 4) is 16.9 Å². The molecule has 242 valence electrons. The number of ether oxygens (including phenoxy) is 1. The van der Waals surface area contributed by atoms with Crippen LogP contribution in [0.4, 0.5) is 5.69 Å². The molecule has 2 amide bonds. The van der Waals surface area contributed by atoms with Gasteiger partial charge in [-0.1, -0.05) is 49.4 Å². The lowest BCUT2D eigenvalue weighted by Gasteiger charge is -2.29. The van der Waals surface area contributed by atoms with E-state index in [9.17, 15) is 23.1 Å². The molecule has 1 aliphatic rings. The van der Waals surface area contributed by atoms with Gasteiger partial charge in [0.05, 0.1) is 24.7 Å². The smallest absolute Gasteiger partial charge is 0.249 e. The third-order valence-electron chi connectivity index (χ3n) is 7.77. The van der Waals surface area contributed by atoms with Gasteiger partial charge in [-0.15, -0.1) is 0 Å². The summed E-state index contributed by atoms with van der Waals surface area (Å²) in [6.07, 6.45) is 0.587. The zero-order valence-corrected chi connectivity index (χ0v) is 27.4. The van der Waals surface area contributed by atoms with E-state index in [1.165, 1.54) is 0 Å². The monoisotopic (exact) mass is 636 g/mol. The Morgan fingerprint density at radius 2 is 1.82 bits per heavy atom. The highest BCUT2D eigenvalue weighted by Gasteiger charge is 2.33. The fourth-order valence-electron chi connectivity index (χ4n) is 5.49. The first kappa shape index (κ1) is 34.1. The van der Waals surface area contributed by atoms with Gasteiger partial charge >= 0.3 is 0 Å². The van der Waals surface area contributed by atoms with Crippen LogP contribution in [-0.4, -0.2) is 63.2 Å². The van der Waals surface area contributed by atoms with E-state index in [1.54, 1.807) is 50.1 Å². The SMILES string of the molecule is CCNS(=O)(=O)c1ccccc1-c1ccc(CN2C(=O)[C@H](NC(=O)CC(C)(C)NC[C@@H](C)O)CCc3cc(OC)ccc32)cc1. The molecule has 0 saturated carbocycles. The number of carbonyl (C=O) groups excluding carboxylic acids is 2. The highest BCUT2D eigenvalue weighted by Crippen LogP contribution is 2.33. The number of methoxy groups -OCH3 is 1. The number of amides is 2. The van der Waals surface area contributed by atoms with E-state index in [0.717, 1.165) is 22.4 Å². The second-order valence-corrected chi connectivity index (χ2v) is 13.8. The number of aliphatic hydroxyl groups excluding tert-OH is 1. The molecule has 2 atom stereocenters. The van der Waals surface area contributed by atoms with Gasteiger partial charge in [0.15, 0.2) is 0 Å². The van der Waals surface area contributed by atoms with Crippen molar-refractivity contribution in [1.82, 2.24) is 15.4 Å². The number of carbonyl (C=O) groups is 2. The number of anilines is 1. The zero-order valence-electron chi connectivity index (χ0n) is 26.6. The average molecular weight is 637 g/mol. The normalized spacial score (nSPS) is 16.1. The second kappa shape index (κ2) is 14.6. The van der Waals surface area contributed by atoms with Crippen molar-refractivity contribution >= 4 is 27.5 Å². The largest absolute Gasteiger partial charge is 0.497 e. The van der Waals surface area contributed by atoms with E-state index in [2.05, 4.69) is 15.4 Å². The number of aryl methyl sites for hydroxylation is 1. The molecule has 4 N–H and O–H groups in total. The first-order valence-electron chi connectivity index (χ1n) is 15.2. The van der Waals surface area contributed by atoms with Crippen LogP contribution in [0.2, 0.25) is 0 Å². The van der Waals surface area contributed by atoms with Gasteiger partial charge in [-0.05, 0) is 74.6 Å². The molecular weight excluding hydrogens is 592 g/mol. The van der Waals surface area contributed by atoms with Crippen molar-refractivity contribution < 1.29 is 27.9 Å². The number of β-amino-alcohol motifs (C(OH)–C–C–N with tert-alkyl or cyclic N) is 1. The predicted octanol–water partition coefficient (Wildman–Crippen LogP) is 3.76. The molecule has 0 fully saturated rings. The molecule has 45 heavy (non-hydrogen) atoms. The molecule has 0 bridgehead atoms. The number of hydrogen-bond donors (Lipinski definition) is 4. The lowest BCUT2D eigenvalue weighted by Crippen LogP contribution is -2.51. The Balaban J connectivity index is 1.59. The van der Waals surface area contributed by atoms with E-state index in [-0.39, 0.29) is 36.2 Å². The maximum atomic E-state index is 14.0. The Kier molecular flexibility index (Phi) is 11.0. The van der Waals surface area contributed by atoms with Crippen molar-refractivity contribution in [2.24, 2.45) is 0 Å². The van der Waals surface area contributed by atoms with Crippen LogP contribution in [0.5, 0.6) is 5.75 Å². The van der Waals surface area contributed by atoms with E-state index in [0.29, 0.717) is 30.7 Å². The summed E-state index contributed by atoms with van der Waals surface area (Å²) in [7, 11) is -2.07. The van der Waals surface area contributed by atoms with Crippen LogP contribution in [0.3, 0.4) is 0 Å². The molecule has 0 spiro atoms. The maximum Gasteiger partial charge on any atom is 0.249 e. The molecule has 1 heterocycles. The van der Waals surface area contributed by atoms with Gasteiger partial charge in [-0.2, -0.15) is 0 Å². The number of fused-ring (bicyclic) bond motifs is 1. The number of sulfonamides is 1. The Hall–Kier alpha value is -3.77. The molecule has 1 aliphatic heterocycles. The van der Waals surface area contributed by atoms with Crippen LogP contribution < -0.4 is 25.0 Å². The third-order valence-corrected chi connectivity index (χ3v) is 9.38. The van der Waals surface area contributed by atoms with Crippen molar-refractivity contribution in [1.29, 1.82) is 0 Å². The molecule has 0 aromatic heterocycles. The van der Waals surface area contributed by atoms with Gasteiger partial charge in [0.2, 0.25) is 21.8 Å². The number of hydrogen-bond acceptors (Lipinski definition) is 7. The summed E-state index contributed by atoms with van der Waals surface area (Å²) in [5.74, 6) is 0.216. The molecular formula is C34H44N4O6S. The topological polar surface area (TPSA) is 137 Å². The van der Waals surface area contributed by atoms with Crippen LogP contribution in [-0.2, 0) is 32.6 Å². The number of nitrogens with one attached hydrogen (secondary N) is 3. The van der Waals surface area contributed by atoms with Crippen LogP contribution in [0.15, 0.2) is 71.6 Å². The number of aliphatic hydroxyl groups is 1. The molecule has 3 aromatic carbocycles. The highest BCUT2D eigenvalue weighted by molar-refractivity contribution is 7.89. The summed E-state index contributed by atoms with van der Waals surface area (Å²) in [5, 5.41) is 15.8. The van der Waals surface area contributed by atoms with Gasteiger partial charge in [-0.3, -0.25) is 9.59 Å². The van der Waals surface area contributed by atoms with Crippen LogP contribution in [0.25, 0.3) is 11.1 Å². The van der Waals surface area contributed by atoms with Crippen molar-refractivity contribution in [2.45, 2.75) is 76.1 Å². The summed E-state index contributed by atoms with van der Waals surface area (Å²) >= 11 is 0. The Morgan fingerprint density at radius 3 is 2.49 bits per heavy atom. The quantitative estimate of drug-likeness (QED) is 0.224. The van der Waals surface area contributed by atoms with E-state index >= 15 is 0 Å². The van der Waals surface area contributed by atoms with Gasteiger partial charge in [0.1, 0.15) is 11.8 Å². The van der Waals surface area contributed by atoms with Crippen LogP contribution in [0.1, 0.15) is 51.7 Å². The Morgan fingerprint density at radius 1 is 1.11 bits per heavy atom. The number of rotatable bonds is 13. The molecule has 0 radical (unpaired) electrons. The van der Waals surface area contributed by atoms with Crippen molar-refractivity contribution in [3.05, 3.63) is 77.9 Å². The van der Waals surface area contributed by atoms with E-state index < -0.39 is 27.7 Å². The summed E-state index contributed by atoms with van der Waals surface area (Å²) in [6, 6.07) is 19.2. The Labute approximate surface area is 266 Å². The maximum absolute atomic E-state index is 14.0. The zero-order chi connectivity index (χ0) is 32.8. The number of benzene rings is 3. The first-order valence-corrected chi connectivity index (χ1v) is 16.7. The van der Waals surface area contributed by atoms with E-state index in [4.69, 9.17) is 4.74 Å². The summed E-state index contributed by atoms with van der Waals surface area (Å²) in [6.45, 7) is 8.07. The molecule has 0 aliphatic carbocycles. The minimum Gasteiger partial charge on any atom is -0.497 e. The van der Waals surface area contributed by atoms with Crippen LogP contribution >= 0.6 is 0 Å². The molecule has 0 saturated heterocycles. The number of nitrogens with zero attached hydrogens (tertiary/aromatic N) is 1. The van der Waals surface area contributed by atoms with Crippen LogP contribution in [0, 0.1) is 0 Å². The van der Waals surface area contributed by atoms with Gasteiger partial charge in [0.25, 0.3) is 0 Å². The van der Waals surface area contributed by atoms with E-state index in [1.807, 2.05) is 56.3 Å². The third kappa shape index (κ3) is 8.70. The highest BCUT2D eigenvalue weighted by atomic mass is 32.2. The molecule has 10 nitrogen and oxygen atoms in total. The second-order valence-electron chi connectivity index (χ2n) is 12.1. The molecule has 11 heteroatoms. The minimum absolute atomic E-state index is 0.136. The van der Waals surface area contributed by atoms with Crippen molar-refractivity contribution in [3.63, 3.8) is 0 Å². The lowest BCUT2D eigenvalue weighted by molar-refractivity contribution is -0.128. The van der Waals surface area contributed by atoms with Crippen molar-refractivity contribution in [2.75, 3.05) is 25.1 Å². The predicted molar refractivity (Wildman–Crippen MR) is 176 cm³/mol. The fourth-order valence-corrected chi connectivity index (χ4v) is 6.76. The average Bonchev–Trinajstić information content (AvgIpc) is 3.12. The standard InChI is InChI=1S/C34H44N4O6S/c1-6-36-45(42,43)31-10-8-7-9-28(31)25-13-11-24(12-14-25)22-38-30-18-16-27(44-5)19-26(30)15-17-29(33(38)41)37-32(40)20-34(3,4)35-21-23(2)39/h7-14,16,18-19,23,29,35-36,39H,6,15,17,20-22H2,1-5H3,(H,37,40)/t23-,29-/m1/s1. The van der Waals surface area contributed by atoms with Gasteiger partial charge in [0, 0.05) is 36.3 Å². The summed E-state index contributed by atoms with van der Waals surface area (Å²) in [4.78, 5) is 29.1. The first-order chi connectivity index (χ1) is 21.3. The fraction of sp³-hybridized carbons (Fsp3) is 0.412.